The minimum absolute atomic E-state index is 0.292. The number of amides is 1. The van der Waals surface area contributed by atoms with Gasteiger partial charge in [0.2, 0.25) is 5.91 Å². The van der Waals surface area contributed by atoms with Crippen LogP contribution in [0.25, 0.3) is 0 Å². The zero-order valence-corrected chi connectivity index (χ0v) is 9.84. The van der Waals surface area contributed by atoms with Gasteiger partial charge in [0, 0.05) is 11.0 Å². The van der Waals surface area contributed by atoms with E-state index in [1.165, 1.54) is 12.1 Å². The van der Waals surface area contributed by atoms with Crippen molar-refractivity contribution in [3.8, 4) is 0 Å². The molecular weight excluding hydrogens is 263 g/mol. The van der Waals surface area contributed by atoms with Gasteiger partial charge < -0.3 is 11.1 Å². The van der Waals surface area contributed by atoms with E-state index in [9.17, 15) is 9.18 Å². The molecule has 0 aliphatic carbocycles. The highest BCUT2D eigenvalue weighted by Gasteiger charge is 2.09. The molecule has 1 amide bonds. The van der Waals surface area contributed by atoms with Crippen LogP contribution >= 0.6 is 15.9 Å². The molecule has 0 aliphatic rings. The molecule has 1 aromatic rings. The molecule has 1 aromatic carbocycles. The van der Waals surface area contributed by atoms with Gasteiger partial charge in [-0.25, -0.2) is 4.39 Å². The molecule has 0 bridgehead atoms. The van der Waals surface area contributed by atoms with E-state index < -0.39 is 0 Å². The van der Waals surface area contributed by atoms with Crippen LogP contribution in [0.15, 0.2) is 22.7 Å². The Morgan fingerprint density at radius 3 is 2.93 bits per heavy atom. The first-order valence-electron chi connectivity index (χ1n) is 4.49. The maximum absolute atomic E-state index is 12.9. The van der Waals surface area contributed by atoms with Crippen LogP contribution in [0.5, 0.6) is 0 Å². The summed E-state index contributed by atoms with van der Waals surface area (Å²) in [5.41, 5.74) is 5.72. The molecule has 0 aromatic heterocycles. The summed E-state index contributed by atoms with van der Waals surface area (Å²) in [4.78, 5) is 10.8. The average molecular weight is 275 g/mol. The van der Waals surface area contributed by atoms with E-state index in [-0.39, 0.29) is 17.6 Å². The smallest absolute Gasteiger partial charge is 0.222 e. The molecule has 3 N–H and O–H groups in total. The molecule has 0 heterocycles. The largest absolute Gasteiger partial charge is 0.383 e. The average Bonchev–Trinajstić information content (AvgIpc) is 2.18. The SMILES string of the molecule is CC(CNc1cc(F)ccc1Br)C(N)=O. The number of primary amides is 1. The van der Waals surface area contributed by atoms with Crippen molar-refractivity contribution in [3.63, 3.8) is 0 Å². The number of halogens is 2. The van der Waals surface area contributed by atoms with Gasteiger partial charge in [0.1, 0.15) is 5.82 Å². The fraction of sp³-hybridized carbons (Fsp3) is 0.300. The van der Waals surface area contributed by atoms with Crippen LogP contribution < -0.4 is 11.1 Å². The Balaban J connectivity index is 2.65. The summed E-state index contributed by atoms with van der Waals surface area (Å²) in [5.74, 6) is -0.998. The third kappa shape index (κ3) is 3.51. The first kappa shape index (κ1) is 12.0. The van der Waals surface area contributed by atoms with Gasteiger partial charge >= 0.3 is 0 Å². The summed E-state index contributed by atoms with van der Waals surface area (Å²) < 4.78 is 13.6. The van der Waals surface area contributed by atoms with Gasteiger partial charge in [-0.2, -0.15) is 0 Å². The van der Waals surface area contributed by atoms with E-state index in [1.54, 1.807) is 13.0 Å². The maximum atomic E-state index is 12.9. The lowest BCUT2D eigenvalue weighted by Crippen LogP contribution is -2.26. The van der Waals surface area contributed by atoms with Crippen molar-refractivity contribution in [2.24, 2.45) is 11.7 Å². The van der Waals surface area contributed by atoms with E-state index in [1.807, 2.05) is 0 Å². The summed E-state index contributed by atoms with van der Waals surface area (Å²) in [6.45, 7) is 2.10. The lowest BCUT2D eigenvalue weighted by atomic mass is 10.1. The van der Waals surface area contributed by atoms with Gasteiger partial charge in [-0.1, -0.05) is 6.92 Å². The van der Waals surface area contributed by atoms with Crippen LogP contribution in [0.2, 0.25) is 0 Å². The Hall–Kier alpha value is -1.10. The molecule has 1 atom stereocenters. The topological polar surface area (TPSA) is 55.1 Å². The zero-order chi connectivity index (χ0) is 11.4. The van der Waals surface area contributed by atoms with Crippen LogP contribution in [0, 0.1) is 11.7 Å². The lowest BCUT2D eigenvalue weighted by Gasteiger charge is -2.11. The van der Waals surface area contributed by atoms with E-state index >= 15 is 0 Å². The fourth-order valence-electron chi connectivity index (χ4n) is 0.997. The molecule has 3 nitrogen and oxygen atoms in total. The van der Waals surface area contributed by atoms with Gasteiger partial charge in [-0.05, 0) is 34.1 Å². The molecule has 1 rings (SSSR count). The number of rotatable bonds is 4. The van der Waals surface area contributed by atoms with Gasteiger partial charge in [0.15, 0.2) is 0 Å². The fourth-order valence-corrected chi connectivity index (χ4v) is 1.38. The number of anilines is 1. The molecule has 0 spiro atoms. The Morgan fingerprint density at radius 1 is 1.67 bits per heavy atom. The number of benzene rings is 1. The molecule has 0 fully saturated rings. The maximum Gasteiger partial charge on any atom is 0.222 e. The van der Waals surface area contributed by atoms with Crippen molar-refractivity contribution in [2.75, 3.05) is 11.9 Å². The first-order chi connectivity index (χ1) is 7.00. The van der Waals surface area contributed by atoms with E-state index in [0.717, 1.165) is 4.47 Å². The minimum atomic E-state index is -0.380. The molecule has 1 unspecified atom stereocenters. The second kappa shape index (κ2) is 5.11. The van der Waals surface area contributed by atoms with Crippen LogP contribution in [0.3, 0.4) is 0 Å². The molecule has 0 saturated heterocycles. The predicted molar refractivity (Wildman–Crippen MR) is 60.9 cm³/mol. The molecule has 15 heavy (non-hydrogen) atoms. The van der Waals surface area contributed by atoms with Gasteiger partial charge in [-0.3, -0.25) is 4.79 Å². The number of hydrogen-bond donors (Lipinski definition) is 2. The van der Waals surface area contributed by atoms with E-state index in [0.29, 0.717) is 12.2 Å². The van der Waals surface area contributed by atoms with Gasteiger partial charge in [0.25, 0.3) is 0 Å². The van der Waals surface area contributed by atoms with Gasteiger partial charge in [-0.15, -0.1) is 0 Å². The number of hydrogen-bond acceptors (Lipinski definition) is 2. The lowest BCUT2D eigenvalue weighted by molar-refractivity contribution is -0.120. The minimum Gasteiger partial charge on any atom is -0.383 e. The Bertz CT molecular complexity index is 370. The zero-order valence-electron chi connectivity index (χ0n) is 8.26. The standard InChI is InChI=1S/C10H12BrFN2O/c1-6(10(13)15)5-14-9-4-7(12)2-3-8(9)11/h2-4,6,14H,5H2,1H3,(H2,13,15). The second-order valence-electron chi connectivity index (χ2n) is 3.31. The predicted octanol–water partition coefficient (Wildman–Crippen LogP) is 2.12. The quantitative estimate of drug-likeness (QED) is 0.884. The molecule has 0 saturated carbocycles. The normalized spacial score (nSPS) is 12.2. The van der Waals surface area contributed by atoms with Crippen LogP contribution in [0.1, 0.15) is 6.92 Å². The summed E-state index contributed by atoms with van der Waals surface area (Å²) in [7, 11) is 0. The highest BCUT2D eigenvalue weighted by Crippen LogP contribution is 2.23. The van der Waals surface area contributed by atoms with Crippen molar-refractivity contribution < 1.29 is 9.18 Å². The Morgan fingerprint density at radius 2 is 2.33 bits per heavy atom. The number of carbonyl (C=O) groups is 1. The van der Waals surface area contributed by atoms with Crippen molar-refractivity contribution in [2.45, 2.75) is 6.92 Å². The third-order valence-corrected chi connectivity index (χ3v) is 2.70. The molecule has 0 radical (unpaired) electrons. The summed E-state index contributed by atoms with van der Waals surface area (Å²) >= 11 is 3.27. The van der Waals surface area contributed by atoms with Crippen molar-refractivity contribution in [1.29, 1.82) is 0 Å². The van der Waals surface area contributed by atoms with Gasteiger partial charge in [0.05, 0.1) is 11.6 Å². The van der Waals surface area contributed by atoms with Crippen LogP contribution in [-0.2, 0) is 4.79 Å². The molecule has 5 heteroatoms. The van der Waals surface area contributed by atoms with Crippen LogP contribution in [0.4, 0.5) is 10.1 Å². The molecular formula is C10H12BrFN2O. The highest BCUT2D eigenvalue weighted by atomic mass is 79.9. The Kier molecular flexibility index (Phi) is 4.08. The molecule has 82 valence electrons. The number of nitrogens with two attached hydrogens (primary N) is 1. The second-order valence-corrected chi connectivity index (χ2v) is 4.16. The third-order valence-electron chi connectivity index (χ3n) is 2.01. The summed E-state index contributed by atoms with van der Waals surface area (Å²) in [6.07, 6.45) is 0. The monoisotopic (exact) mass is 274 g/mol. The number of nitrogens with one attached hydrogen (secondary N) is 1. The first-order valence-corrected chi connectivity index (χ1v) is 5.28. The molecule has 0 aliphatic heterocycles. The van der Waals surface area contributed by atoms with E-state index in [4.69, 9.17) is 5.73 Å². The highest BCUT2D eigenvalue weighted by molar-refractivity contribution is 9.10. The van der Waals surface area contributed by atoms with Crippen molar-refractivity contribution in [1.82, 2.24) is 0 Å². The van der Waals surface area contributed by atoms with E-state index in [2.05, 4.69) is 21.2 Å². The summed E-state index contributed by atoms with van der Waals surface area (Å²) in [5, 5.41) is 2.95. The Labute approximate surface area is 96.0 Å². The van der Waals surface area contributed by atoms with Crippen LogP contribution in [-0.4, -0.2) is 12.5 Å². The summed E-state index contributed by atoms with van der Waals surface area (Å²) in [6, 6.07) is 4.32. The van der Waals surface area contributed by atoms with Crippen molar-refractivity contribution >= 4 is 27.5 Å². The van der Waals surface area contributed by atoms with Crippen molar-refractivity contribution in [3.05, 3.63) is 28.5 Å². The number of carbonyl (C=O) groups excluding carboxylic acids is 1.